The van der Waals surface area contributed by atoms with E-state index in [1.54, 1.807) is 27.4 Å². The van der Waals surface area contributed by atoms with Crippen LogP contribution in [0.15, 0.2) is 30.3 Å². The lowest BCUT2D eigenvalue weighted by atomic mass is 10.1. The van der Waals surface area contributed by atoms with Crippen molar-refractivity contribution in [3.8, 4) is 17.2 Å². The Morgan fingerprint density at radius 3 is 2.12 bits per heavy atom. The lowest BCUT2D eigenvalue weighted by molar-refractivity contribution is 0.347. The van der Waals surface area contributed by atoms with Gasteiger partial charge in [0.2, 0.25) is 0 Å². The van der Waals surface area contributed by atoms with Gasteiger partial charge in [0.05, 0.1) is 21.3 Å². The molecule has 6 heteroatoms. The summed E-state index contributed by atoms with van der Waals surface area (Å²) in [5, 5.41) is 4.72. The predicted octanol–water partition coefficient (Wildman–Crippen LogP) is 4.35. The molecule has 4 nitrogen and oxygen atoms in total. The van der Waals surface area contributed by atoms with Gasteiger partial charge in [-0.25, -0.2) is 0 Å². The standard InChI is InChI=1S/C18H21Cl2NO3/c1-22-16-10-18(24-3)17(23-2)8-13(16)11-21-7-6-12-4-5-14(19)9-15(12)20/h4-5,8-10,21H,6-7,11H2,1-3H3. The highest BCUT2D eigenvalue weighted by Crippen LogP contribution is 2.34. The average Bonchev–Trinajstić information content (AvgIpc) is 2.59. The molecule has 0 amide bonds. The maximum absolute atomic E-state index is 6.18. The van der Waals surface area contributed by atoms with Crippen LogP contribution in [0.4, 0.5) is 0 Å². The zero-order valence-corrected chi connectivity index (χ0v) is 15.5. The third kappa shape index (κ3) is 4.69. The van der Waals surface area contributed by atoms with E-state index in [9.17, 15) is 0 Å². The largest absolute Gasteiger partial charge is 0.496 e. The topological polar surface area (TPSA) is 39.7 Å². The van der Waals surface area contributed by atoms with E-state index in [2.05, 4.69) is 5.32 Å². The first-order valence-corrected chi connectivity index (χ1v) is 8.28. The van der Waals surface area contributed by atoms with Crippen molar-refractivity contribution in [1.82, 2.24) is 5.32 Å². The minimum atomic E-state index is 0.644. The van der Waals surface area contributed by atoms with Gasteiger partial charge in [0, 0.05) is 28.2 Å². The maximum atomic E-state index is 6.18. The quantitative estimate of drug-likeness (QED) is 0.702. The SMILES string of the molecule is COc1cc(OC)c(OC)cc1CNCCc1ccc(Cl)cc1Cl. The molecule has 0 heterocycles. The van der Waals surface area contributed by atoms with Crippen LogP contribution in [0.1, 0.15) is 11.1 Å². The molecule has 0 bridgehead atoms. The van der Waals surface area contributed by atoms with Crippen LogP contribution in [-0.2, 0) is 13.0 Å². The fourth-order valence-corrected chi connectivity index (χ4v) is 2.90. The Morgan fingerprint density at radius 1 is 0.833 bits per heavy atom. The van der Waals surface area contributed by atoms with Gasteiger partial charge < -0.3 is 19.5 Å². The van der Waals surface area contributed by atoms with Crippen molar-refractivity contribution in [3.05, 3.63) is 51.5 Å². The van der Waals surface area contributed by atoms with Crippen LogP contribution in [-0.4, -0.2) is 27.9 Å². The molecular weight excluding hydrogens is 349 g/mol. The predicted molar refractivity (Wildman–Crippen MR) is 98.0 cm³/mol. The van der Waals surface area contributed by atoms with Crippen LogP contribution in [0.5, 0.6) is 17.2 Å². The van der Waals surface area contributed by atoms with E-state index in [0.29, 0.717) is 28.1 Å². The van der Waals surface area contributed by atoms with Gasteiger partial charge in [-0.1, -0.05) is 29.3 Å². The second kappa shape index (κ2) is 9.02. The van der Waals surface area contributed by atoms with Crippen molar-refractivity contribution in [2.75, 3.05) is 27.9 Å². The molecule has 1 N–H and O–H groups in total. The number of hydrogen-bond donors (Lipinski definition) is 1. The molecule has 24 heavy (non-hydrogen) atoms. The second-order valence-electron chi connectivity index (χ2n) is 5.18. The Bertz CT molecular complexity index is 692. The summed E-state index contributed by atoms with van der Waals surface area (Å²) in [6.07, 6.45) is 0.811. The molecule has 0 aliphatic heterocycles. The number of hydrogen-bond acceptors (Lipinski definition) is 4. The highest BCUT2D eigenvalue weighted by Gasteiger charge is 2.11. The first kappa shape index (κ1) is 18.7. The highest BCUT2D eigenvalue weighted by molar-refractivity contribution is 6.35. The van der Waals surface area contributed by atoms with Crippen LogP contribution in [0.3, 0.4) is 0 Å². The molecule has 0 radical (unpaired) electrons. The molecule has 0 saturated heterocycles. The van der Waals surface area contributed by atoms with E-state index in [0.717, 1.165) is 29.8 Å². The molecule has 0 spiro atoms. The Labute approximate surface area is 152 Å². The Morgan fingerprint density at radius 2 is 1.50 bits per heavy atom. The first-order chi connectivity index (χ1) is 11.6. The fraction of sp³-hybridized carbons (Fsp3) is 0.333. The van der Waals surface area contributed by atoms with Crippen molar-refractivity contribution in [2.45, 2.75) is 13.0 Å². The molecular formula is C18H21Cl2NO3. The fourth-order valence-electron chi connectivity index (χ4n) is 2.40. The van der Waals surface area contributed by atoms with Gasteiger partial charge in [0.25, 0.3) is 0 Å². The summed E-state index contributed by atoms with van der Waals surface area (Å²) in [5.41, 5.74) is 2.06. The van der Waals surface area contributed by atoms with E-state index >= 15 is 0 Å². The Kier molecular flexibility index (Phi) is 7.03. The maximum Gasteiger partial charge on any atom is 0.164 e. The summed E-state index contributed by atoms with van der Waals surface area (Å²) in [4.78, 5) is 0. The summed E-state index contributed by atoms with van der Waals surface area (Å²) in [7, 11) is 4.85. The highest BCUT2D eigenvalue weighted by atomic mass is 35.5. The van der Waals surface area contributed by atoms with Crippen LogP contribution in [0.2, 0.25) is 10.0 Å². The number of methoxy groups -OCH3 is 3. The number of benzene rings is 2. The van der Waals surface area contributed by atoms with E-state index in [4.69, 9.17) is 37.4 Å². The van der Waals surface area contributed by atoms with Gasteiger partial charge in [-0.05, 0) is 36.7 Å². The van der Waals surface area contributed by atoms with E-state index in [1.807, 2.05) is 24.3 Å². The summed E-state index contributed by atoms with van der Waals surface area (Å²) in [5.74, 6) is 2.08. The summed E-state index contributed by atoms with van der Waals surface area (Å²) >= 11 is 12.1. The third-order valence-electron chi connectivity index (χ3n) is 3.69. The lowest BCUT2D eigenvalue weighted by Crippen LogP contribution is -2.17. The molecule has 0 aromatic heterocycles. The van der Waals surface area contributed by atoms with Crippen LogP contribution in [0, 0.1) is 0 Å². The van der Waals surface area contributed by atoms with Gasteiger partial charge >= 0.3 is 0 Å². The molecule has 0 aliphatic carbocycles. The first-order valence-electron chi connectivity index (χ1n) is 7.52. The van der Waals surface area contributed by atoms with Crippen molar-refractivity contribution >= 4 is 23.2 Å². The Hall–Kier alpha value is -1.62. The zero-order chi connectivity index (χ0) is 17.5. The van der Waals surface area contributed by atoms with Crippen molar-refractivity contribution in [3.63, 3.8) is 0 Å². The monoisotopic (exact) mass is 369 g/mol. The molecule has 2 aromatic carbocycles. The minimum absolute atomic E-state index is 0.644. The number of halogens is 2. The van der Waals surface area contributed by atoms with Crippen LogP contribution < -0.4 is 19.5 Å². The second-order valence-corrected chi connectivity index (χ2v) is 6.03. The van der Waals surface area contributed by atoms with E-state index < -0.39 is 0 Å². The lowest BCUT2D eigenvalue weighted by Gasteiger charge is -2.14. The van der Waals surface area contributed by atoms with Crippen molar-refractivity contribution in [2.24, 2.45) is 0 Å². The van der Waals surface area contributed by atoms with Crippen molar-refractivity contribution in [1.29, 1.82) is 0 Å². The zero-order valence-electron chi connectivity index (χ0n) is 14.0. The Balaban J connectivity index is 1.98. The summed E-state index contributed by atoms with van der Waals surface area (Å²) < 4.78 is 16.1. The van der Waals surface area contributed by atoms with Gasteiger partial charge in [-0.15, -0.1) is 0 Å². The summed E-state index contributed by atoms with van der Waals surface area (Å²) in [6.45, 7) is 1.42. The van der Waals surface area contributed by atoms with Crippen LogP contribution >= 0.6 is 23.2 Å². The summed E-state index contributed by atoms with van der Waals surface area (Å²) in [6, 6.07) is 9.30. The van der Waals surface area contributed by atoms with E-state index in [1.165, 1.54) is 0 Å². The molecule has 130 valence electrons. The van der Waals surface area contributed by atoms with Gasteiger partial charge in [0.15, 0.2) is 11.5 Å². The molecule has 2 aromatic rings. The number of nitrogens with one attached hydrogen (secondary N) is 1. The molecule has 2 rings (SSSR count). The van der Waals surface area contributed by atoms with Gasteiger partial charge in [-0.3, -0.25) is 0 Å². The molecule has 0 unspecified atom stereocenters. The molecule has 0 aliphatic rings. The molecule has 0 saturated carbocycles. The van der Waals surface area contributed by atoms with Crippen LogP contribution in [0.25, 0.3) is 0 Å². The average molecular weight is 370 g/mol. The van der Waals surface area contributed by atoms with Gasteiger partial charge in [-0.2, -0.15) is 0 Å². The van der Waals surface area contributed by atoms with Crippen molar-refractivity contribution < 1.29 is 14.2 Å². The van der Waals surface area contributed by atoms with Gasteiger partial charge in [0.1, 0.15) is 5.75 Å². The number of rotatable bonds is 8. The third-order valence-corrected chi connectivity index (χ3v) is 4.28. The molecule has 0 fully saturated rings. The molecule has 0 atom stereocenters. The normalized spacial score (nSPS) is 10.5. The number of ether oxygens (including phenoxy) is 3. The smallest absolute Gasteiger partial charge is 0.164 e. The van der Waals surface area contributed by atoms with E-state index in [-0.39, 0.29) is 0 Å². The minimum Gasteiger partial charge on any atom is -0.496 e.